The molecular formula is C9H13NOS2. The van der Waals surface area contributed by atoms with E-state index in [4.69, 9.17) is 0 Å². The van der Waals surface area contributed by atoms with Crippen molar-refractivity contribution in [1.29, 1.82) is 0 Å². The summed E-state index contributed by atoms with van der Waals surface area (Å²) in [5, 5.41) is 1.03. The highest BCUT2D eigenvalue weighted by atomic mass is 32.2. The van der Waals surface area contributed by atoms with E-state index in [2.05, 4.69) is 25.8 Å². The molecule has 0 fully saturated rings. The summed E-state index contributed by atoms with van der Waals surface area (Å²) < 4.78 is 0.257. The minimum absolute atomic E-state index is 0.257. The van der Waals surface area contributed by atoms with Gasteiger partial charge in [0.1, 0.15) is 5.01 Å². The van der Waals surface area contributed by atoms with E-state index in [1.165, 1.54) is 11.3 Å². The molecule has 0 saturated carbocycles. The van der Waals surface area contributed by atoms with Crippen LogP contribution in [0.5, 0.6) is 0 Å². The zero-order valence-electron chi connectivity index (χ0n) is 8.03. The Morgan fingerprint density at radius 2 is 2.31 bits per heavy atom. The molecule has 1 heterocycles. The summed E-state index contributed by atoms with van der Waals surface area (Å²) in [5.74, 6) is 0.891. The number of hydrogen-bond donors (Lipinski definition) is 0. The highest BCUT2D eigenvalue weighted by Gasteiger charge is 2.11. The van der Waals surface area contributed by atoms with Crippen LogP contribution in [0.4, 0.5) is 0 Å². The average molecular weight is 215 g/mol. The van der Waals surface area contributed by atoms with E-state index < -0.39 is 0 Å². The fourth-order valence-corrected chi connectivity index (χ4v) is 2.30. The topological polar surface area (TPSA) is 30.0 Å². The second-order valence-corrected chi connectivity index (χ2v) is 6.62. The van der Waals surface area contributed by atoms with Crippen molar-refractivity contribution >= 4 is 29.4 Å². The quantitative estimate of drug-likeness (QED) is 0.726. The molecule has 0 atom stereocenters. The molecule has 0 spiro atoms. The molecule has 13 heavy (non-hydrogen) atoms. The Hall–Kier alpha value is -0.350. The van der Waals surface area contributed by atoms with Gasteiger partial charge in [-0.3, -0.25) is 4.79 Å². The molecule has 72 valence electrons. The number of aromatic nitrogens is 1. The van der Waals surface area contributed by atoms with Crippen molar-refractivity contribution in [3.05, 3.63) is 16.1 Å². The SMILES string of the molecule is CC(C)(C)SCc1ncc(C=O)s1. The summed E-state index contributed by atoms with van der Waals surface area (Å²) in [4.78, 5) is 15.3. The van der Waals surface area contributed by atoms with Crippen LogP contribution in [-0.4, -0.2) is 16.0 Å². The van der Waals surface area contributed by atoms with Gasteiger partial charge in [0.25, 0.3) is 0 Å². The molecule has 0 aliphatic carbocycles. The molecule has 1 aromatic rings. The predicted octanol–water partition coefficient (Wildman–Crippen LogP) is 2.99. The van der Waals surface area contributed by atoms with E-state index in [0.29, 0.717) is 4.88 Å². The molecule has 0 unspecified atom stereocenters. The number of carbonyl (C=O) groups excluding carboxylic acids is 1. The lowest BCUT2D eigenvalue weighted by Crippen LogP contribution is -2.07. The molecular weight excluding hydrogens is 202 g/mol. The Kier molecular flexibility index (Phi) is 3.50. The van der Waals surface area contributed by atoms with Crippen molar-refractivity contribution in [3.63, 3.8) is 0 Å². The third-order valence-electron chi connectivity index (χ3n) is 1.32. The van der Waals surface area contributed by atoms with Gasteiger partial charge in [-0.1, -0.05) is 20.8 Å². The number of hydrogen-bond acceptors (Lipinski definition) is 4. The summed E-state index contributed by atoms with van der Waals surface area (Å²) >= 11 is 3.32. The monoisotopic (exact) mass is 215 g/mol. The van der Waals surface area contributed by atoms with Gasteiger partial charge in [0.15, 0.2) is 6.29 Å². The van der Waals surface area contributed by atoms with Crippen molar-refractivity contribution in [2.75, 3.05) is 0 Å². The van der Waals surface area contributed by atoms with Crippen LogP contribution in [0.2, 0.25) is 0 Å². The smallest absolute Gasteiger partial charge is 0.161 e. The zero-order valence-corrected chi connectivity index (χ0v) is 9.67. The minimum atomic E-state index is 0.257. The van der Waals surface area contributed by atoms with Crippen molar-refractivity contribution < 1.29 is 4.79 Å². The van der Waals surface area contributed by atoms with Crippen molar-refractivity contribution in [1.82, 2.24) is 4.98 Å². The summed E-state index contributed by atoms with van der Waals surface area (Å²) in [6, 6.07) is 0. The zero-order chi connectivity index (χ0) is 9.90. The molecule has 0 bridgehead atoms. The summed E-state index contributed by atoms with van der Waals surface area (Å²) in [7, 11) is 0. The lowest BCUT2D eigenvalue weighted by Gasteiger charge is -2.15. The normalized spacial score (nSPS) is 11.6. The van der Waals surface area contributed by atoms with E-state index >= 15 is 0 Å². The fraction of sp³-hybridized carbons (Fsp3) is 0.556. The molecule has 4 heteroatoms. The first-order valence-corrected chi connectivity index (χ1v) is 5.85. The first kappa shape index (κ1) is 10.7. The Morgan fingerprint density at radius 1 is 1.62 bits per heavy atom. The molecule has 0 amide bonds. The van der Waals surface area contributed by atoms with Gasteiger partial charge in [-0.05, 0) is 0 Å². The standard InChI is InChI=1S/C9H13NOS2/c1-9(2,3)12-6-8-10-4-7(5-11)13-8/h4-5H,6H2,1-3H3. The van der Waals surface area contributed by atoms with E-state index in [1.807, 2.05) is 11.8 Å². The van der Waals surface area contributed by atoms with Gasteiger partial charge in [0, 0.05) is 16.7 Å². The van der Waals surface area contributed by atoms with Gasteiger partial charge >= 0.3 is 0 Å². The second-order valence-electron chi connectivity index (χ2n) is 3.68. The number of rotatable bonds is 3. The Labute approximate surface area is 86.8 Å². The average Bonchev–Trinajstić information content (AvgIpc) is 2.47. The maximum atomic E-state index is 10.4. The number of thioether (sulfide) groups is 1. The fourth-order valence-electron chi connectivity index (χ4n) is 0.724. The first-order valence-electron chi connectivity index (χ1n) is 4.05. The minimum Gasteiger partial charge on any atom is -0.297 e. The lowest BCUT2D eigenvalue weighted by molar-refractivity contribution is 0.112. The van der Waals surface area contributed by atoms with Crippen LogP contribution in [0.3, 0.4) is 0 Å². The van der Waals surface area contributed by atoms with Crippen LogP contribution in [0.15, 0.2) is 6.20 Å². The Morgan fingerprint density at radius 3 is 2.77 bits per heavy atom. The van der Waals surface area contributed by atoms with Crippen molar-refractivity contribution in [3.8, 4) is 0 Å². The second kappa shape index (κ2) is 4.24. The Balaban J connectivity index is 2.50. The van der Waals surface area contributed by atoms with Gasteiger partial charge < -0.3 is 0 Å². The molecule has 0 aromatic carbocycles. The summed E-state index contributed by atoms with van der Waals surface area (Å²) in [6.07, 6.45) is 2.49. The number of nitrogens with zero attached hydrogens (tertiary/aromatic N) is 1. The molecule has 1 rings (SSSR count). The van der Waals surface area contributed by atoms with E-state index in [1.54, 1.807) is 6.20 Å². The number of aldehydes is 1. The lowest BCUT2D eigenvalue weighted by atomic mass is 10.3. The third-order valence-corrected chi connectivity index (χ3v) is 3.71. The van der Waals surface area contributed by atoms with Crippen LogP contribution < -0.4 is 0 Å². The Bertz CT molecular complexity index is 288. The van der Waals surface area contributed by atoms with Gasteiger partial charge in [-0.25, -0.2) is 4.98 Å². The van der Waals surface area contributed by atoms with Gasteiger partial charge in [0.05, 0.1) is 4.88 Å². The van der Waals surface area contributed by atoms with Crippen LogP contribution in [0, 0.1) is 0 Å². The number of carbonyl (C=O) groups is 1. The molecule has 2 nitrogen and oxygen atoms in total. The maximum absolute atomic E-state index is 10.4. The van der Waals surface area contributed by atoms with E-state index in [9.17, 15) is 4.79 Å². The molecule has 0 aliphatic rings. The third kappa shape index (κ3) is 3.91. The van der Waals surface area contributed by atoms with Crippen LogP contribution in [-0.2, 0) is 5.75 Å². The van der Waals surface area contributed by atoms with Gasteiger partial charge in [-0.15, -0.1) is 23.1 Å². The van der Waals surface area contributed by atoms with Gasteiger partial charge in [-0.2, -0.15) is 0 Å². The highest BCUT2D eigenvalue weighted by Crippen LogP contribution is 2.28. The first-order chi connectivity index (χ1) is 6.01. The van der Waals surface area contributed by atoms with E-state index in [-0.39, 0.29) is 4.75 Å². The molecule has 0 saturated heterocycles. The van der Waals surface area contributed by atoms with Crippen LogP contribution in [0.25, 0.3) is 0 Å². The molecule has 0 aliphatic heterocycles. The molecule has 0 N–H and O–H groups in total. The van der Waals surface area contributed by atoms with Crippen molar-refractivity contribution in [2.45, 2.75) is 31.3 Å². The molecule has 1 aromatic heterocycles. The number of thiazole rings is 1. The largest absolute Gasteiger partial charge is 0.297 e. The maximum Gasteiger partial charge on any atom is 0.161 e. The summed E-state index contributed by atoms with van der Waals surface area (Å²) in [6.45, 7) is 6.52. The van der Waals surface area contributed by atoms with Crippen LogP contribution >= 0.6 is 23.1 Å². The predicted molar refractivity (Wildman–Crippen MR) is 58.5 cm³/mol. The van der Waals surface area contributed by atoms with Gasteiger partial charge in [0.2, 0.25) is 0 Å². The van der Waals surface area contributed by atoms with Crippen molar-refractivity contribution in [2.24, 2.45) is 0 Å². The highest BCUT2D eigenvalue weighted by molar-refractivity contribution is 7.99. The molecule has 0 radical (unpaired) electrons. The van der Waals surface area contributed by atoms with E-state index in [0.717, 1.165) is 17.0 Å². The van der Waals surface area contributed by atoms with Crippen LogP contribution in [0.1, 0.15) is 35.5 Å². The summed E-state index contributed by atoms with van der Waals surface area (Å²) in [5.41, 5.74) is 0.